The smallest absolute Gasteiger partial charge is 0.319 e. The molecule has 1 unspecified atom stereocenters. The van der Waals surface area contributed by atoms with E-state index in [-0.39, 0.29) is 30.0 Å². The second kappa shape index (κ2) is 7.31. The highest BCUT2D eigenvalue weighted by Gasteiger charge is 2.17. The molecule has 3 amide bonds. The van der Waals surface area contributed by atoms with Crippen molar-refractivity contribution in [3.63, 3.8) is 0 Å². The second-order valence-electron chi connectivity index (χ2n) is 7.74. The second-order valence-corrected chi connectivity index (χ2v) is 7.74. The van der Waals surface area contributed by atoms with Gasteiger partial charge in [-0.1, -0.05) is 45.0 Å². The number of fused-ring (bicyclic) bond motifs is 1. The molecule has 1 aliphatic heterocycles. The van der Waals surface area contributed by atoms with Crippen molar-refractivity contribution >= 4 is 23.3 Å². The Morgan fingerprint density at radius 3 is 2.52 bits per heavy atom. The van der Waals surface area contributed by atoms with E-state index in [1.54, 1.807) is 18.2 Å². The lowest BCUT2D eigenvalue weighted by molar-refractivity contribution is -0.118. The van der Waals surface area contributed by atoms with Crippen molar-refractivity contribution in [1.29, 1.82) is 0 Å². The number of anilines is 2. The molecule has 6 nitrogen and oxygen atoms in total. The minimum atomic E-state index is -0.304. The maximum Gasteiger partial charge on any atom is 0.319 e. The van der Waals surface area contributed by atoms with E-state index >= 15 is 0 Å². The van der Waals surface area contributed by atoms with Crippen LogP contribution in [0, 0.1) is 0 Å². The number of carbonyl (C=O) groups excluding carboxylic acids is 2. The summed E-state index contributed by atoms with van der Waals surface area (Å²) in [5, 5.41) is 8.44. The number of urea groups is 1. The van der Waals surface area contributed by atoms with E-state index in [0.717, 1.165) is 5.56 Å². The van der Waals surface area contributed by atoms with E-state index in [2.05, 4.69) is 48.9 Å². The van der Waals surface area contributed by atoms with E-state index in [9.17, 15) is 9.59 Å². The van der Waals surface area contributed by atoms with E-state index < -0.39 is 0 Å². The molecule has 0 saturated heterocycles. The summed E-state index contributed by atoms with van der Waals surface area (Å²) in [7, 11) is 0. The monoisotopic (exact) mass is 367 g/mol. The molecule has 1 aliphatic rings. The van der Waals surface area contributed by atoms with Gasteiger partial charge in [-0.05, 0) is 35.6 Å². The molecule has 2 aromatic rings. The summed E-state index contributed by atoms with van der Waals surface area (Å²) >= 11 is 0. The summed E-state index contributed by atoms with van der Waals surface area (Å²) in [5.41, 5.74) is 3.58. The Bertz CT molecular complexity index is 854. The minimum Gasteiger partial charge on any atom is -0.482 e. The van der Waals surface area contributed by atoms with Crippen LogP contribution in [0.1, 0.15) is 44.9 Å². The third kappa shape index (κ3) is 4.58. The topological polar surface area (TPSA) is 79.5 Å². The molecule has 0 fully saturated rings. The highest BCUT2D eigenvalue weighted by Crippen LogP contribution is 2.30. The van der Waals surface area contributed by atoms with Crippen molar-refractivity contribution in [2.75, 3.05) is 17.2 Å². The molecule has 27 heavy (non-hydrogen) atoms. The zero-order valence-corrected chi connectivity index (χ0v) is 16.1. The Kier molecular flexibility index (Phi) is 5.08. The largest absolute Gasteiger partial charge is 0.482 e. The van der Waals surface area contributed by atoms with Crippen LogP contribution < -0.4 is 20.7 Å². The Labute approximate surface area is 159 Å². The zero-order chi connectivity index (χ0) is 19.6. The highest BCUT2D eigenvalue weighted by molar-refractivity contribution is 5.96. The lowest BCUT2D eigenvalue weighted by Crippen LogP contribution is -2.31. The molecule has 6 heteroatoms. The number of hydrogen-bond acceptors (Lipinski definition) is 3. The average molecular weight is 367 g/mol. The van der Waals surface area contributed by atoms with Crippen LogP contribution >= 0.6 is 0 Å². The van der Waals surface area contributed by atoms with Gasteiger partial charge in [0.05, 0.1) is 11.7 Å². The highest BCUT2D eigenvalue weighted by atomic mass is 16.5. The molecule has 1 heterocycles. The Hall–Kier alpha value is -3.02. The Morgan fingerprint density at radius 2 is 1.85 bits per heavy atom. The molecule has 0 saturated carbocycles. The van der Waals surface area contributed by atoms with Crippen LogP contribution in [0.4, 0.5) is 16.2 Å². The third-order valence-electron chi connectivity index (χ3n) is 4.50. The van der Waals surface area contributed by atoms with Gasteiger partial charge in [0.2, 0.25) is 0 Å². The predicted octanol–water partition coefficient (Wildman–Crippen LogP) is 4.20. The molecule has 0 radical (unpaired) electrons. The van der Waals surface area contributed by atoms with Crippen LogP contribution in [0.5, 0.6) is 5.75 Å². The number of hydrogen-bond donors (Lipinski definition) is 3. The first kappa shape index (κ1) is 18.8. The minimum absolute atomic E-state index is 0.0236. The standard InChI is InChI=1S/C21H25N3O3/c1-13(14-5-7-15(8-6-14)21(2,3)4)22-20(26)23-16-9-10-17-18(11-16)27-12-19(25)24-17/h5-11,13H,12H2,1-4H3,(H,24,25)(H2,22,23,26). The van der Waals surface area contributed by atoms with Gasteiger partial charge in [-0.3, -0.25) is 4.79 Å². The van der Waals surface area contributed by atoms with Gasteiger partial charge >= 0.3 is 6.03 Å². The van der Waals surface area contributed by atoms with Gasteiger partial charge in [-0.2, -0.15) is 0 Å². The molecule has 0 bridgehead atoms. The number of carbonyl (C=O) groups is 2. The first-order chi connectivity index (χ1) is 12.7. The molecule has 142 valence electrons. The molecule has 1 atom stereocenters. The van der Waals surface area contributed by atoms with Gasteiger partial charge in [-0.25, -0.2) is 4.79 Å². The first-order valence-corrected chi connectivity index (χ1v) is 8.97. The Morgan fingerprint density at radius 1 is 1.15 bits per heavy atom. The predicted molar refractivity (Wildman–Crippen MR) is 106 cm³/mol. The van der Waals surface area contributed by atoms with Crippen LogP contribution in [-0.4, -0.2) is 18.5 Å². The Balaban J connectivity index is 1.61. The van der Waals surface area contributed by atoms with E-state index in [0.29, 0.717) is 17.1 Å². The van der Waals surface area contributed by atoms with Gasteiger partial charge in [0, 0.05) is 11.8 Å². The molecule has 2 aromatic carbocycles. The van der Waals surface area contributed by atoms with E-state index in [4.69, 9.17) is 4.74 Å². The number of ether oxygens (including phenoxy) is 1. The van der Waals surface area contributed by atoms with Crippen molar-refractivity contribution in [1.82, 2.24) is 5.32 Å². The van der Waals surface area contributed by atoms with Crippen LogP contribution in [0.3, 0.4) is 0 Å². The summed E-state index contributed by atoms with van der Waals surface area (Å²) in [4.78, 5) is 23.6. The lowest BCUT2D eigenvalue weighted by atomic mass is 9.86. The summed E-state index contributed by atoms with van der Waals surface area (Å²) in [6.45, 7) is 8.43. The van der Waals surface area contributed by atoms with E-state index in [1.807, 2.05) is 19.1 Å². The molecule has 0 spiro atoms. The van der Waals surface area contributed by atoms with Crippen LogP contribution in [0.25, 0.3) is 0 Å². The number of amides is 3. The van der Waals surface area contributed by atoms with Crippen molar-refractivity contribution in [2.24, 2.45) is 0 Å². The maximum atomic E-state index is 12.3. The number of benzene rings is 2. The van der Waals surface area contributed by atoms with Gasteiger partial charge < -0.3 is 20.7 Å². The van der Waals surface area contributed by atoms with Gasteiger partial charge in [0.25, 0.3) is 5.91 Å². The lowest BCUT2D eigenvalue weighted by Gasteiger charge is -2.21. The fraction of sp³-hybridized carbons (Fsp3) is 0.333. The molecular formula is C21H25N3O3. The van der Waals surface area contributed by atoms with Crippen molar-refractivity contribution in [3.05, 3.63) is 53.6 Å². The van der Waals surface area contributed by atoms with Crippen LogP contribution in [-0.2, 0) is 10.2 Å². The molecule has 0 aliphatic carbocycles. The van der Waals surface area contributed by atoms with E-state index in [1.165, 1.54) is 5.56 Å². The fourth-order valence-corrected chi connectivity index (χ4v) is 2.87. The number of nitrogens with one attached hydrogen (secondary N) is 3. The summed E-state index contributed by atoms with van der Waals surface area (Å²) in [5.74, 6) is 0.352. The summed E-state index contributed by atoms with van der Waals surface area (Å²) in [6.07, 6.45) is 0. The average Bonchev–Trinajstić information content (AvgIpc) is 2.61. The molecule has 3 N–H and O–H groups in total. The van der Waals surface area contributed by atoms with Crippen molar-refractivity contribution in [3.8, 4) is 5.75 Å². The SMILES string of the molecule is CC(NC(=O)Nc1ccc2c(c1)OCC(=O)N2)c1ccc(C(C)(C)C)cc1. The normalized spacial score (nSPS) is 14.4. The van der Waals surface area contributed by atoms with Crippen LogP contribution in [0.15, 0.2) is 42.5 Å². The molecule has 0 aromatic heterocycles. The number of rotatable bonds is 3. The van der Waals surface area contributed by atoms with Gasteiger partial charge in [-0.15, -0.1) is 0 Å². The van der Waals surface area contributed by atoms with Crippen molar-refractivity contribution < 1.29 is 14.3 Å². The fourth-order valence-electron chi connectivity index (χ4n) is 2.87. The maximum absolute atomic E-state index is 12.3. The van der Waals surface area contributed by atoms with Crippen molar-refractivity contribution in [2.45, 2.75) is 39.2 Å². The quantitative estimate of drug-likeness (QED) is 0.761. The van der Waals surface area contributed by atoms with Gasteiger partial charge in [0.1, 0.15) is 5.75 Å². The summed E-state index contributed by atoms with van der Waals surface area (Å²) in [6, 6.07) is 13.0. The summed E-state index contributed by atoms with van der Waals surface area (Å²) < 4.78 is 5.36. The third-order valence-corrected chi connectivity index (χ3v) is 4.50. The van der Waals surface area contributed by atoms with Crippen LogP contribution in [0.2, 0.25) is 0 Å². The molecule has 3 rings (SSSR count). The first-order valence-electron chi connectivity index (χ1n) is 8.97. The van der Waals surface area contributed by atoms with Gasteiger partial charge in [0.15, 0.2) is 6.61 Å². The molecular weight excluding hydrogens is 342 g/mol. The zero-order valence-electron chi connectivity index (χ0n) is 16.1.